The Morgan fingerprint density at radius 1 is 1.31 bits per heavy atom. The minimum absolute atomic E-state index is 0.0292. The lowest BCUT2D eigenvalue weighted by Gasteiger charge is -2.21. The van der Waals surface area contributed by atoms with Crippen LogP contribution in [0.15, 0.2) is 40.9 Å². The van der Waals surface area contributed by atoms with Gasteiger partial charge in [0.1, 0.15) is 12.4 Å². The number of anilines is 1. The second kappa shape index (κ2) is 7.94. The van der Waals surface area contributed by atoms with Gasteiger partial charge in [-0.15, -0.1) is 0 Å². The predicted octanol–water partition coefficient (Wildman–Crippen LogP) is 3.62. The van der Waals surface area contributed by atoms with E-state index in [0.717, 1.165) is 16.6 Å². The van der Waals surface area contributed by atoms with Crippen molar-refractivity contribution in [2.75, 3.05) is 5.01 Å². The van der Waals surface area contributed by atoms with Gasteiger partial charge in [0.05, 0.1) is 11.3 Å². The zero-order chi connectivity index (χ0) is 19.5. The van der Waals surface area contributed by atoms with Crippen molar-refractivity contribution >= 4 is 27.6 Å². The van der Waals surface area contributed by atoms with Crippen LogP contribution in [0.3, 0.4) is 0 Å². The van der Waals surface area contributed by atoms with E-state index in [4.69, 9.17) is 16.4 Å². The summed E-state index contributed by atoms with van der Waals surface area (Å²) in [5.41, 5.74) is 2.66. The van der Waals surface area contributed by atoms with Crippen LogP contribution in [0.25, 0.3) is 0 Å². The Morgan fingerprint density at radius 2 is 2.00 bits per heavy atom. The molecule has 0 aliphatic carbocycles. The predicted molar refractivity (Wildman–Crippen MR) is 94.0 cm³/mol. The average molecular weight is 433 g/mol. The van der Waals surface area contributed by atoms with E-state index < -0.39 is 17.8 Å². The third-order valence-corrected chi connectivity index (χ3v) is 4.31. The fourth-order valence-electron chi connectivity index (χ4n) is 2.25. The van der Waals surface area contributed by atoms with Gasteiger partial charge in [0.2, 0.25) is 0 Å². The van der Waals surface area contributed by atoms with Crippen LogP contribution < -0.4 is 26.9 Å². The van der Waals surface area contributed by atoms with Crippen molar-refractivity contribution in [1.29, 1.82) is 0 Å². The minimum atomic E-state index is -4.51. The molecule has 0 aliphatic rings. The van der Waals surface area contributed by atoms with E-state index in [-0.39, 0.29) is 16.8 Å². The molecule has 2 aromatic carbocycles. The van der Waals surface area contributed by atoms with E-state index in [1.807, 2.05) is 5.43 Å². The lowest BCUT2D eigenvalue weighted by atomic mass is 10.1. The SMILES string of the molecule is Cc1cccc(N(N)C(=O)NN)c1COc1ccc(Br)c(C(F)(F)F)c1. The van der Waals surface area contributed by atoms with E-state index in [2.05, 4.69) is 15.9 Å². The minimum Gasteiger partial charge on any atom is -0.489 e. The smallest absolute Gasteiger partial charge is 0.417 e. The molecule has 0 bridgehead atoms. The van der Waals surface area contributed by atoms with Gasteiger partial charge in [-0.2, -0.15) is 13.2 Å². The molecular weight excluding hydrogens is 417 g/mol. The van der Waals surface area contributed by atoms with Gasteiger partial charge < -0.3 is 4.74 Å². The van der Waals surface area contributed by atoms with E-state index in [0.29, 0.717) is 11.3 Å². The molecule has 0 saturated heterocycles. The normalized spacial score (nSPS) is 11.2. The number of carbonyl (C=O) groups is 1. The number of nitrogens with zero attached hydrogens (tertiary/aromatic N) is 1. The molecule has 0 saturated carbocycles. The Hall–Kier alpha value is -2.30. The molecule has 26 heavy (non-hydrogen) atoms. The van der Waals surface area contributed by atoms with Gasteiger partial charge >= 0.3 is 12.2 Å². The van der Waals surface area contributed by atoms with Crippen molar-refractivity contribution in [1.82, 2.24) is 5.43 Å². The number of hydrogen-bond donors (Lipinski definition) is 3. The number of benzene rings is 2. The first kappa shape index (κ1) is 20.0. The van der Waals surface area contributed by atoms with Crippen molar-refractivity contribution in [3.63, 3.8) is 0 Å². The zero-order valence-electron chi connectivity index (χ0n) is 13.6. The van der Waals surface area contributed by atoms with Crippen LogP contribution >= 0.6 is 15.9 Å². The summed E-state index contributed by atoms with van der Waals surface area (Å²) >= 11 is 2.87. The number of nitrogens with one attached hydrogen (secondary N) is 1. The molecule has 2 aromatic rings. The number of hydrogen-bond acceptors (Lipinski definition) is 4. The first-order chi connectivity index (χ1) is 12.1. The quantitative estimate of drug-likeness (QED) is 0.390. The van der Waals surface area contributed by atoms with Crippen molar-refractivity contribution in [2.24, 2.45) is 11.7 Å². The van der Waals surface area contributed by atoms with Crippen LogP contribution in [0.1, 0.15) is 16.7 Å². The van der Waals surface area contributed by atoms with Gasteiger partial charge in [0.25, 0.3) is 0 Å². The van der Waals surface area contributed by atoms with Crippen LogP contribution in [-0.4, -0.2) is 6.03 Å². The van der Waals surface area contributed by atoms with Gasteiger partial charge in [-0.25, -0.2) is 21.5 Å². The summed E-state index contributed by atoms with van der Waals surface area (Å²) in [6, 6.07) is 7.83. The van der Waals surface area contributed by atoms with Crippen LogP contribution in [-0.2, 0) is 12.8 Å². The van der Waals surface area contributed by atoms with E-state index in [1.54, 1.807) is 25.1 Å². The molecule has 2 rings (SSSR count). The number of rotatable bonds is 4. The molecule has 0 fully saturated rings. The van der Waals surface area contributed by atoms with Crippen molar-refractivity contribution < 1.29 is 22.7 Å². The molecule has 10 heteroatoms. The maximum absolute atomic E-state index is 13.0. The zero-order valence-corrected chi connectivity index (χ0v) is 15.2. The molecule has 0 aliphatic heterocycles. The van der Waals surface area contributed by atoms with Gasteiger partial charge in [0.15, 0.2) is 0 Å². The fraction of sp³-hybridized carbons (Fsp3) is 0.188. The molecule has 5 N–H and O–H groups in total. The van der Waals surface area contributed by atoms with Crippen LogP contribution in [0.2, 0.25) is 0 Å². The first-order valence-electron chi connectivity index (χ1n) is 7.28. The Kier molecular flexibility index (Phi) is 6.11. The van der Waals surface area contributed by atoms with Gasteiger partial charge in [-0.05, 0) is 36.8 Å². The Labute approximate surface area is 156 Å². The fourth-order valence-corrected chi connectivity index (χ4v) is 2.72. The van der Waals surface area contributed by atoms with E-state index in [9.17, 15) is 18.0 Å². The molecule has 0 unspecified atom stereocenters. The van der Waals surface area contributed by atoms with Gasteiger partial charge in [-0.3, -0.25) is 5.43 Å². The maximum Gasteiger partial charge on any atom is 0.417 e. The summed E-state index contributed by atoms with van der Waals surface area (Å²) in [7, 11) is 0. The Morgan fingerprint density at radius 3 is 2.62 bits per heavy atom. The highest BCUT2D eigenvalue weighted by Gasteiger charge is 2.33. The highest BCUT2D eigenvalue weighted by Crippen LogP contribution is 2.37. The molecule has 0 atom stereocenters. The number of halogens is 4. The molecule has 0 spiro atoms. The lowest BCUT2D eigenvalue weighted by molar-refractivity contribution is -0.138. The largest absolute Gasteiger partial charge is 0.489 e. The molecule has 0 heterocycles. The topological polar surface area (TPSA) is 93.6 Å². The first-order valence-corrected chi connectivity index (χ1v) is 8.08. The van der Waals surface area contributed by atoms with Crippen LogP contribution in [0, 0.1) is 6.92 Å². The number of nitrogens with two attached hydrogens (primary N) is 2. The van der Waals surface area contributed by atoms with Crippen molar-refractivity contribution in [3.05, 3.63) is 57.6 Å². The summed E-state index contributed by atoms with van der Waals surface area (Å²) in [6.07, 6.45) is -4.51. The lowest BCUT2D eigenvalue weighted by Crippen LogP contribution is -2.48. The van der Waals surface area contributed by atoms with Crippen LogP contribution in [0.4, 0.5) is 23.7 Å². The number of urea groups is 1. The molecule has 140 valence electrons. The third kappa shape index (κ3) is 4.45. The highest BCUT2D eigenvalue weighted by atomic mass is 79.9. The van der Waals surface area contributed by atoms with Crippen LogP contribution in [0.5, 0.6) is 5.75 Å². The summed E-state index contributed by atoms with van der Waals surface area (Å²) in [5, 5.41) is 0.800. The second-order valence-electron chi connectivity index (χ2n) is 5.32. The molecule has 2 amide bonds. The van der Waals surface area contributed by atoms with Crippen molar-refractivity contribution in [3.8, 4) is 5.75 Å². The van der Waals surface area contributed by atoms with Crippen molar-refractivity contribution in [2.45, 2.75) is 19.7 Å². The Bertz CT molecular complexity index is 815. The molecular formula is C16H16BrF3N4O2. The number of aryl methyl sites for hydroxylation is 1. The highest BCUT2D eigenvalue weighted by molar-refractivity contribution is 9.10. The van der Waals surface area contributed by atoms with Gasteiger partial charge in [0, 0.05) is 10.0 Å². The monoisotopic (exact) mass is 432 g/mol. The average Bonchev–Trinajstić information content (AvgIpc) is 2.59. The number of amides is 2. The summed E-state index contributed by atoms with van der Waals surface area (Å²) in [4.78, 5) is 11.6. The van der Waals surface area contributed by atoms with E-state index >= 15 is 0 Å². The molecule has 0 aromatic heterocycles. The summed E-state index contributed by atoms with van der Waals surface area (Å²) < 4.78 is 44.4. The summed E-state index contributed by atoms with van der Waals surface area (Å²) in [5.74, 6) is 10.8. The summed E-state index contributed by atoms with van der Waals surface area (Å²) in [6.45, 7) is 1.67. The number of alkyl halides is 3. The maximum atomic E-state index is 13.0. The molecule has 6 nitrogen and oxygen atoms in total. The van der Waals surface area contributed by atoms with E-state index in [1.165, 1.54) is 12.1 Å². The third-order valence-electron chi connectivity index (χ3n) is 3.61. The molecule has 0 radical (unpaired) electrons. The Balaban J connectivity index is 2.29. The number of carbonyl (C=O) groups excluding carboxylic acids is 1. The second-order valence-corrected chi connectivity index (χ2v) is 6.17. The number of hydrazine groups is 2. The standard InChI is InChI=1S/C16H16BrF3N4O2/c1-9-3-2-4-14(24(22)15(25)23-21)11(9)8-26-10-5-6-13(17)12(7-10)16(18,19)20/h2-7H,8,21-22H2,1H3,(H,23,25). The van der Waals surface area contributed by atoms with Gasteiger partial charge in [-0.1, -0.05) is 28.1 Å². The number of ether oxygens (including phenoxy) is 1.